The van der Waals surface area contributed by atoms with Gasteiger partial charge in [0.2, 0.25) is 0 Å². The van der Waals surface area contributed by atoms with Crippen LogP contribution in [0.5, 0.6) is 5.75 Å². The van der Waals surface area contributed by atoms with Crippen LogP contribution in [0, 0.1) is 17.8 Å². The Labute approximate surface area is 118 Å². The number of aliphatic hydroxyl groups is 1. The van der Waals surface area contributed by atoms with Crippen molar-refractivity contribution in [3.8, 4) is 5.75 Å². The monoisotopic (exact) mass is 276 g/mol. The van der Waals surface area contributed by atoms with Crippen molar-refractivity contribution >= 4 is 0 Å². The molecule has 1 unspecified atom stereocenters. The van der Waals surface area contributed by atoms with Gasteiger partial charge in [0.25, 0.3) is 0 Å². The van der Waals surface area contributed by atoms with Crippen molar-refractivity contribution in [3.63, 3.8) is 0 Å². The molecule has 0 heterocycles. The molecule has 6 atom stereocenters. The van der Waals surface area contributed by atoms with Crippen LogP contribution in [-0.4, -0.2) is 22.5 Å². The summed E-state index contributed by atoms with van der Waals surface area (Å²) in [6.45, 7) is 0. The van der Waals surface area contributed by atoms with Gasteiger partial charge in [-0.15, -0.1) is 0 Å². The van der Waals surface area contributed by atoms with Crippen LogP contribution in [0.15, 0.2) is 18.2 Å². The van der Waals surface area contributed by atoms with Gasteiger partial charge in [-0.2, -0.15) is 0 Å². The van der Waals surface area contributed by atoms with E-state index in [1.807, 2.05) is 6.07 Å². The molecule has 0 amide bonds. The maximum Gasteiger partial charge on any atom is 0.115 e. The highest BCUT2D eigenvalue weighted by Gasteiger charge is 2.51. The standard InChI is InChI=1S/C17H21FO2/c18-15-8-9-7-10(19)1-2-11(9)13-4-3-12-14(17(13)15)5-6-16(12)20/h1-2,7,12-17,19-20H,3-6,8H2/t12-,13+,14+,15-,16?,17+/m0/s1. The summed E-state index contributed by atoms with van der Waals surface area (Å²) in [7, 11) is 0. The van der Waals surface area contributed by atoms with E-state index < -0.39 is 6.17 Å². The zero-order chi connectivity index (χ0) is 13.9. The van der Waals surface area contributed by atoms with Gasteiger partial charge in [0, 0.05) is 12.3 Å². The lowest BCUT2D eigenvalue weighted by Gasteiger charge is -2.46. The summed E-state index contributed by atoms with van der Waals surface area (Å²) in [6, 6.07) is 5.44. The third kappa shape index (κ3) is 1.72. The maximum atomic E-state index is 14.7. The molecule has 0 bridgehead atoms. The molecule has 4 rings (SSSR count). The Kier molecular flexibility index (Phi) is 2.81. The predicted molar refractivity (Wildman–Crippen MR) is 74.4 cm³/mol. The minimum absolute atomic E-state index is 0.0722. The summed E-state index contributed by atoms with van der Waals surface area (Å²) in [5.41, 5.74) is 2.22. The van der Waals surface area contributed by atoms with E-state index in [1.165, 1.54) is 5.56 Å². The number of rotatable bonds is 0. The van der Waals surface area contributed by atoms with Crippen LogP contribution in [0.4, 0.5) is 4.39 Å². The largest absolute Gasteiger partial charge is 0.508 e. The second-order valence-corrected chi connectivity index (χ2v) is 6.84. The predicted octanol–water partition coefficient (Wildman–Crippen LogP) is 3.17. The molecule has 108 valence electrons. The molecule has 1 aromatic carbocycles. The van der Waals surface area contributed by atoms with E-state index in [0.717, 1.165) is 31.2 Å². The van der Waals surface area contributed by atoms with Gasteiger partial charge in [-0.25, -0.2) is 4.39 Å². The Morgan fingerprint density at radius 2 is 1.85 bits per heavy atom. The van der Waals surface area contributed by atoms with Crippen molar-refractivity contribution in [2.45, 2.75) is 50.3 Å². The first-order valence-electron chi connectivity index (χ1n) is 7.79. The van der Waals surface area contributed by atoms with E-state index >= 15 is 0 Å². The second kappa shape index (κ2) is 4.45. The number of hydrogen-bond acceptors (Lipinski definition) is 2. The van der Waals surface area contributed by atoms with Gasteiger partial charge in [0.15, 0.2) is 0 Å². The number of hydrogen-bond donors (Lipinski definition) is 2. The number of aliphatic hydroxyl groups excluding tert-OH is 1. The number of aromatic hydroxyl groups is 1. The molecule has 20 heavy (non-hydrogen) atoms. The molecule has 2 fully saturated rings. The summed E-state index contributed by atoms with van der Waals surface area (Å²) >= 11 is 0. The summed E-state index contributed by atoms with van der Waals surface area (Å²) < 4.78 is 14.7. The first-order chi connectivity index (χ1) is 9.65. The number of phenols is 1. The van der Waals surface area contributed by atoms with Gasteiger partial charge in [0.05, 0.1) is 6.10 Å². The molecule has 0 radical (unpaired) electrons. The van der Waals surface area contributed by atoms with E-state index in [2.05, 4.69) is 0 Å². The van der Waals surface area contributed by atoms with Crippen molar-refractivity contribution in [1.29, 1.82) is 0 Å². The summed E-state index contributed by atoms with van der Waals surface area (Å²) in [4.78, 5) is 0. The van der Waals surface area contributed by atoms with Crippen molar-refractivity contribution in [3.05, 3.63) is 29.3 Å². The van der Waals surface area contributed by atoms with Crippen LogP contribution in [0.25, 0.3) is 0 Å². The maximum absolute atomic E-state index is 14.7. The van der Waals surface area contributed by atoms with Crippen molar-refractivity contribution < 1.29 is 14.6 Å². The van der Waals surface area contributed by atoms with Crippen LogP contribution in [-0.2, 0) is 6.42 Å². The lowest BCUT2D eigenvalue weighted by molar-refractivity contribution is 0.0222. The molecule has 2 saturated carbocycles. The first-order valence-corrected chi connectivity index (χ1v) is 7.79. The molecular formula is C17H21FO2. The van der Waals surface area contributed by atoms with Gasteiger partial charge < -0.3 is 10.2 Å². The SMILES string of the molecule is Oc1ccc2c(c1)C[C@H](F)[C@H]1[C@@H]3CCC(O)[C@H]3CC[C@H]21. The molecule has 3 heteroatoms. The Morgan fingerprint density at radius 3 is 2.70 bits per heavy atom. The zero-order valence-corrected chi connectivity index (χ0v) is 11.5. The normalized spacial score (nSPS) is 42.7. The van der Waals surface area contributed by atoms with E-state index in [9.17, 15) is 14.6 Å². The molecule has 2 nitrogen and oxygen atoms in total. The molecule has 0 aromatic heterocycles. The highest BCUT2D eigenvalue weighted by atomic mass is 19.1. The van der Waals surface area contributed by atoms with E-state index in [1.54, 1.807) is 12.1 Å². The third-order valence-corrected chi connectivity index (χ3v) is 5.97. The summed E-state index contributed by atoms with van der Waals surface area (Å²) in [6.07, 6.45) is 3.18. The van der Waals surface area contributed by atoms with E-state index in [4.69, 9.17) is 0 Å². The van der Waals surface area contributed by atoms with Gasteiger partial charge in [-0.05, 0) is 66.7 Å². The molecule has 3 aliphatic rings. The Bertz CT molecular complexity index is 530. The van der Waals surface area contributed by atoms with E-state index in [-0.39, 0.29) is 23.7 Å². The highest BCUT2D eigenvalue weighted by Crippen LogP contribution is 2.55. The number of halogens is 1. The molecule has 0 saturated heterocycles. The van der Waals surface area contributed by atoms with Crippen LogP contribution < -0.4 is 0 Å². The Hall–Kier alpha value is -1.09. The average molecular weight is 276 g/mol. The van der Waals surface area contributed by atoms with Crippen molar-refractivity contribution in [1.82, 2.24) is 0 Å². The van der Waals surface area contributed by atoms with Crippen LogP contribution in [0.1, 0.15) is 42.7 Å². The molecule has 3 aliphatic carbocycles. The number of fused-ring (bicyclic) bond motifs is 5. The van der Waals surface area contributed by atoms with Crippen molar-refractivity contribution in [2.75, 3.05) is 0 Å². The third-order valence-electron chi connectivity index (χ3n) is 5.97. The number of alkyl halides is 1. The smallest absolute Gasteiger partial charge is 0.115 e. The minimum Gasteiger partial charge on any atom is -0.508 e. The lowest BCUT2D eigenvalue weighted by atomic mass is 9.60. The van der Waals surface area contributed by atoms with E-state index in [0.29, 0.717) is 18.3 Å². The summed E-state index contributed by atoms with van der Waals surface area (Å²) in [5, 5.41) is 19.7. The van der Waals surface area contributed by atoms with Crippen LogP contribution in [0.2, 0.25) is 0 Å². The first kappa shape index (κ1) is 12.6. The van der Waals surface area contributed by atoms with Crippen LogP contribution >= 0.6 is 0 Å². The van der Waals surface area contributed by atoms with Gasteiger partial charge >= 0.3 is 0 Å². The van der Waals surface area contributed by atoms with Gasteiger partial charge in [-0.3, -0.25) is 0 Å². The molecule has 1 aromatic rings. The quantitative estimate of drug-likeness (QED) is 0.764. The lowest BCUT2D eigenvalue weighted by Crippen LogP contribution is -2.42. The molecular weight excluding hydrogens is 255 g/mol. The molecule has 0 spiro atoms. The van der Waals surface area contributed by atoms with Gasteiger partial charge in [-0.1, -0.05) is 6.07 Å². The molecule has 2 N–H and O–H groups in total. The van der Waals surface area contributed by atoms with Crippen molar-refractivity contribution in [2.24, 2.45) is 17.8 Å². The van der Waals surface area contributed by atoms with Crippen LogP contribution in [0.3, 0.4) is 0 Å². The minimum atomic E-state index is -0.826. The average Bonchev–Trinajstić information content (AvgIpc) is 2.80. The number of phenolic OH excluding ortho intramolecular Hbond substituents is 1. The zero-order valence-electron chi connectivity index (χ0n) is 11.5. The molecule has 0 aliphatic heterocycles. The fourth-order valence-electron chi connectivity index (χ4n) is 5.18. The number of benzene rings is 1. The summed E-state index contributed by atoms with van der Waals surface area (Å²) in [5.74, 6) is 1.25. The topological polar surface area (TPSA) is 40.5 Å². The van der Waals surface area contributed by atoms with Gasteiger partial charge in [0.1, 0.15) is 11.9 Å². The fraction of sp³-hybridized carbons (Fsp3) is 0.647. The highest BCUT2D eigenvalue weighted by molar-refractivity contribution is 5.40. The second-order valence-electron chi connectivity index (χ2n) is 6.84. The fourth-order valence-corrected chi connectivity index (χ4v) is 5.18. The Morgan fingerprint density at radius 1 is 1.05 bits per heavy atom. The Balaban J connectivity index is 1.73.